The van der Waals surface area contributed by atoms with E-state index in [1.165, 1.54) is 39.8 Å². The summed E-state index contributed by atoms with van der Waals surface area (Å²) in [6, 6.07) is 0. The molecule has 0 radical (unpaired) electrons. The highest BCUT2D eigenvalue weighted by Gasteiger charge is 2.87. The Balaban J connectivity index is 2.08. The van der Waals surface area contributed by atoms with E-state index in [-0.39, 0.29) is 0 Å². The van der Waals surface area contributed by atoms with Gasteiger partial charge in [0.2, 0.25) is 0 Å². The molecule has 2 aliphatic carbocycles. The van der Waals surface area contributed by atoms with Gasteiger partial charge in [0.25, 0.3) is 0 Å². The lowest BCUT2D eigenvalue weighted by Crippen LogP contribution is -2.63. The monoisotopic (exact) mass is 564 g/mol. The van der Waals surface area contributed by atoms with E-state index in [4.69, 9.17) is 28.4 Å². The van der Waals surface area contributed by atoms with Crippen molar-refractivity contribution in [1.29, 1.82) is 0 Å². The van der Waals surface area contributed by atoms with Crippen molar-refractivity contribution in [1.82, 2.24) is 0 Å². The number of hydrogen-bond acceptors (Lipinski definition) is 12. The first-order valence-electron chi connectivity index (χ1n) is 13.2. The highest BCUT2D eigenvalue weighted by atomic mass is 16.7. The van der Waals surface area contributed by atoms with Gasteiger partial charge in [0.1, 0.15) is 6.10 Å². The van der Waals surface area contributed by atoms with Crippen molar-refractivity contribution in [3.05, 3.63) is 23.8 Å². The van der Waals surface area contributed by atoms with E-state index in [1.807, 2.05) is 0 Å². The second-order valence-corrected chi connectivity index (χ2v) is 11.4. The van der Waals surface area contributed by atoms with Crippen LogP contribution in [0.2, 0.25) is 0 Å². The number of rotatable bonds is 4. The maximum atomic E-state index is 13.1. The molecule has 0 aromatic heterocycles. The number of esters is 5. The summed E-state index contributed by atoms with van der Waals surface area (Å²) in [5.74, 6) is -5.08. The predicted octanol–water partition coefficient (Wildman–Crippen LogP) is 1.32. The lowest BCUT2D eigenvalue weighted by Gasteiger charge is -2.53. The van der Waals surface area contributed by atoms with E-state index in [0.29, 0.717) is 5.57 Å². The number of epoxide rings is 1. The molecule has 0 aromatic rings. The molecular weight excluding hydrogens is 528 g/mol. The number of fused-ring (bicyclic) bond motifs is 1. The van der Waals surface area contributed by atoms with E-state index >= 15 is 0 Å². The van der Waals surface area contributed by atoms with E-state index in [2.05, 4.69) is 0 Å². The zero-order chi connectivity index (χ0) is 29.9. The second kappa shape index (κ2) is 9.99. The van der Waals surface area contributed by atoms with Crippen LogP contribution in [0.5, 0.6) is 0 Å². The highest BCUT2D eigenvalue weighted by molar-refractivity contribution is 5.89. The summed E-state index contributed by atoms with van der Waals surface area (Å²) in [4.78, 5) is 62.9. The van der Waals surface area contributed by atoms with Crippen molar-refractivity contribution in [3.63, 3.8) is 0 Å². The Morgan fingerprint density at radius 2 is 1.45 bits per heavy atom. The Labute approximate surface area is 231 Å². The lowest BCUT2D eigenvalue weighted by molar-refractivity contribution is -0.207. The molecule has 220 valence electrons. The fourth-order valence-corrected chi connectivity index (χ4v) is 6.80. The molecule has 12 nitrogen and oxygen atoms in total. The standard InChI is InChI=1S/C28H36O12/c1-12-11-19-28(27(8,40-28)25(34)39-19)23(37-16(5)31)20-13(2)18(33)9-10-26(20,7)24(38-17(6)32)22(36-15(4)30)21(12)35-14(3)29/h9-11,13,18-24,33H,1-8H3/b12-11-/t13-,18+,19+,20-,21?,22-,23?,24+,26+,27+,28+/m1/s1. The third kappa shape index (κ3) is 4.50. The van der Waals surface area contributed by atoms with Crippen LogP contribution in [0.3, 0.4) is 0 Å². The Hall–Kier alpha value is -3.25. The van der Waals surface area contributed by atoms with Crippen LogP contribution in [0, 0.1) is 17.3 Å². The van der Waals surface area contributed by atoms with Crippen molar-refractivity contribution >= 4 is 29.8 Å². The average Bonchev–Trinajstić information content (AvgIpc) is 3.42. The van der Waals surface area contributed by atoms with Crippen LogP contribution >= 0.6 is 0 Å². The number of hydrogen-bond donors (Lipinski definition) is 1. The second-order valence-electron chi connectivity index (χ2n) is 11.4. The molecule has 0 amide bonds. The molecule has 2 fully saturated rings. The van der Waals surface area contributed by atoms with Crippen LogP contribution < -0.4 is 0 Å². The zero-order valence-electron chi connectivity index (χ0n) is 23.8. The minimum absolute atomic E-state index is 0.312. The Bertz CT molecular complexity index is 1190. The minimum Gasteiger partial charge on any atom is -0.459 e. The van der Waals surface area contributed by atoms with Crippen molar-refractivity contribution in [2.45, 2.75) is 103 Å². The molecule has 1 N–H and O–H groups in total. The van der Waals surface area contributed by atoms with Crippen molar-refractivity contribution < 1.29 is 57.5 Å². The van der Waals surface area contributed by atoms with Gasteiger partial charge >= 0.3 is 29.8 Å². The summed E-state index contributed by atoms with van der Waals surface area (Å²) in [7, 11) is 0. The summed E-state index contributed by atoms with van der Waals surface area (Å²) >= 11 is 0. The molecule has 12 heteroatoms. The first kappa shape index (κ1) is 29.7. The van der Waals surface area contributed by atoms with E-state index < -0.39 is 94.9 Å². The number of carbonyl (C=O) groups is 5. The lowest BCUT2D eigenvalue weighted by atomic mass is 9.56. The molecule has 2 unspecified atom stereocenters. The topological polar surface area (TPSA) is 164 Å². The van der Waals surface area contributed by atoms with Gasteiger partial charge in [-0.3, -0.25) is 19.2 Å². The summed E-state index contributed by atoms with van der Waals surface area (Å²) < 4.78 is 35.0. The van der Waals surface area contributed by atoms with Crippen LogP contribution in [0.15, 0.2) is 23.8 Å². The normalized spacial score (nSPS) is 44.8. The number of carbonyl (C=O) groups excluding carboxylic acids is 5. The van der Waals surface area contributed by atoms with E-state index in [0.717, 1.165) is 6.92 Å². The first-order chi connectivity index (χ1) is 18.5. The van der Waals surface area contributed by atoms with Gasteiger partial charge in [-0.25, -0.2) is 4.79 Å². The number of aliphatic hydroxyl groups is 1. The zero-order valence-corrected chi connectivity index (χ0v) is 23.8. The van der Waals surface area contributed by atoms with Gasteiger partial charge in [0.05, 0.1) is 6.10 Å². The van der Waals surface area contributed by atoms with Gasteiger partial charge < -0.3 is 33.5 Å². The smallest absolute Gasteiger partial charge is 0.342 e. The average molecular weight is 565 g/mol. The number of ether oxygens (including phenoxy) is 6. The maximum absolute atomic E-state index is 13.1. The SMILES string of the molecule is CC(=O)OC1/C(C)=C\[C@@H]2OC(=O)[C@]3(C)O[C@]23C(OC(C)=O)[C@H]2[C@H](C)[C@@H](O)C=C[C@]2(C)[C@@H](OC(C)=O)[C@@H]1OC(C)=O. The molecule has 40 heavy (non-hydrogen) atoms. The van der Waals surface area contributed by atoms with Crippen LogP contribution in [-0.4, -0.2) is 82.8 Å². The maximum Gasteiger partial charge on any atom is 0.342 e. The summed E-state index contributed by atoms with van der Waals surface area (Å²) in [6.45, 7) is 11.3. The van der Waals surface area contributed by atoms with E-state index in [1.54, 1.807) is 26.8 Å². The molecule has 1 spiro atoms. The third-order valence-corrected chi connectivity index (χ3v) is 8.60. The summed E-state index contributed by atoms with van der Waals surface area (Å²) in [6.07, 6.45) is -2.66. The quantitative estimate of drug-likeness (QED) is 0.226. The first-order valence-corrected chi connectivity index (χ1v) is 13.2. The fraction of sp³-hybridized carbons (Fsp3) is 0.679. The molecule has 2 aliphatic heterocycles. The number of aliphatic hydroxyl groups excluding tert-OH is 1. The fourth-order valence-electron chi connectivity index (χ4n) is 6.80. The Morgan fingerprint density at radius 3 is 1.98 bits per heavy atom. The molecule has 2 heterocycles. The van der Waals surface area contributed by atoms with Gasteiger partial charge in [0.15, 0.2) is 35.6 Å². The minimum atomic E-state index is -1.52. The van der Waals surface area contributed by atoms with Gasteiger partial charge in [-0.05, 0) is 31.4 Å². The molecule has 11 atom stereocenters. The van der Waals surface area contributed by atoms with Gasteiger partial charge in [-0.2, -0.15) is 0 Å². The molecule has 4 rings (SSSR count). The molecule has 2 saturated heterocycles. The van der Waals surface area contributed by atoms with Crippen molar-refractivity contribution in [3.8, 4) is 0 Å². The summed E-state index contributed by atoms with van der Waals surface area (Å²) in [5.41, 5.74) is -4.04. The van der Waals surface area contributed by atoms with Crippen molar-refractivity contribution in [2.24, 2.45) is 17.3 Å². The van der Waals surface area contributed by atoms with Gasteiger partial charge in [0, 0.05) is 39.0 Å². The molecule has 0 aromatic carbocycles. The van der Waals surface area contributed by atoms with Crippen LogP contribution in [0.1, 0.15) is 55.4 Å². The predicted molar refractivity (Wildman–Crippen MR) is 134 cm³/mol. The Kier molecular flexibility index (Phi) is 7.42. The highest BCUT2D eigenvalue weighted by Crippen LogP contribution is 2.65. The molecular formula is C28H36O12. The molecule has 0 saturated carbocycles. The molecule has 4 aliphatic rings. The van der Waals surface area contributed by atoms with Crippen LogP contribution in [0.25, 0.3) is 0 Å². The van der Waals surface area contributed by atoms with Gasteiger partial charge in [-0.1, -0.05) is 26.0 Å². The van der Waals surface area contributed by atoms with Crippen LogP contribution in [0.4, 0.5) is 0 Å². The van der Waals surface area contributed by atoms with Crippen LogP contribution in [-0.2, 0) is 52.4 Å². The summed E-state index contributed by atoms with van der Waals surface area (Å²) in [5, 5.41) is 11.0. The van der Waals surface area contributed by atoms with E-state index in [9.17, 15) is 29.1 Å². The van der Waals surface area contributed by atoms with Crippen molar-refractivity contribution in [2.75, 3.05) is 0 Å². The Morgan fingerprint density at radius 1 is 0.900 bits per heavy atom. The molecule has 0 bridgehead atoms. The largest absolute Gasteiger partial charge is 0.459 e. The third-order valence-electron chi connectivity index (χ3n) is 8.60. The van der Waals surface area contributed by atoms with Gasteiger partial charge in [-0.15, -0.1) is 0 Å².